The highest BCUT2D eigenvalue weighted by Gasteiger charge is 2.22. The minimum Gasteiger partial charge on any atom is -0.382 e. The summed E-state index contributed by atoms with van der Waals surface area (Å²) in [6.07, 6.45) is 0. The third kappa shape index (κ3) is 4.11. The van der Waals surface area contributed by atoms with Crippen molar-refractivity contribution < 1.29 is 0 Å². The first-order valence-electron chi connectivity index (χ1n) is 10.6. The Morgan fingerprint density at radius 3 is 2.53 bits per heavy atom. The lowest BCUT2D eigenvalue weighted by Crippen LogP contribution is -2.28. The van der Waals surface area contributed by atoms with E-state index in [1.807, 2.05) is 30.3 Å². The van der Waals surface area contributed by atoms with Gasteiger partial charge in [0.15, 0.2) is 5.82 Å². The lowest BCUT2D eigenvalue weighted by Gasteiger charge is -2.21. The maximum Gasteiger partial charge on any atom is 0.267 e. The third-order valence-electron chi connectivity index (χ3n) is 5.47. The van der Waals surface area contributed by atoms with Gasteiger partial charge in [-0.15, -0.1) is 0 Å². The van der Waals surface area contributed by atoms with Crippen LogP contribution >= 0.6 is 11.6 Å². The molecule has 2 heterocycles. The quantitative estimate of drug-likeness (QED) is 0.390. The summed E-state index contributed by atoms with van der Waals surface area (Å²) < 4.78 is 1.53. The van der Waals surface area contributed by atoms with Gasteiger partial charge in [-0.1, -0.05) is 43.6 Å². The molecule has 0 amide bonds. The molecule has 2 aromatic heterocycles. The van der Waals surface area contributed by atoms with Crippen molar-refractivity contribution in [2.75, 3.05) is 16.8 Å². The van der Waals surface area contributed by atoms with E-state index in [-0.39, 0.29) is 34.6 Å². The van der Waals surface area contributed by atoms with Gasteiger partial charge >= 0.3 is 0 Å². The van der Waals surface area contributed by atoms with Gasteiger partial charge in [0.1, 0.15) is 23.3 Å². The molecule has 4 rings (SSSR count). The molecule has 0 aliphatic heterocycles. The molecule has 1 atom stereocenters. The molecule has 5 N–H and O–H groups in total. The van der Waals surface area contributed by atoms with E-state index >= 15 is 0 Å². The van der Waals surface area contributed by atoms with Gasteiger partial charge in [0.05, 0.1) is 27.7 Å². The zero-order valence-electron chi connectivity index (χ0n) is 18.9. The number of nitrogen functional groups attached to an aromatic ring is 2. The second-order valence-electron chi connectivity index (χ2n) is 8.16. The lowest BCUT2D eigenvalue weighted by atomic mass is 10.0. The Labute approximate surface area is 201 Å². The summed E-state index contributed by atoms with van der Waals surface area (Å²) in [6, 6.07) is 14.3. The van der Waals surface area contributed by atoms with E-state index in [4.69, 9.17) is 28.1 Å². The van der Waals surface area contributed by atoms with Gasteiger partial charge in [-0.05, 0) is 42.7 Å². The van der Waals surface area contributed by atoms with E-state index in [0.717, 1.165) is 5.56 Å². The summed E-state index contributed by atoms with van der Waals surface area (Å²) in [5, 5.41) is 13.3. The van der Waals surface area contributed by atoms with Crippen molar-refractivity contribution in [1.29, 1.82) is 5.26 Å². The standard InChI is InChI=1S/C24H23ClN8O/c1-12(2)14-6-4-7-15(10-14)33-22(30-18-9-5-8-17(25)19(18)23(33)34)13(3)29-21-16(11-26)20(27)31-24(28)32-21/h4-10,12-13H,1-3H3,(H5,27,28,29,31,32)/t13-/m0/s1. The zero-order valence-corrected chi connectivity index (χ0v) is 19.6. The maximum absolute atomic E-state index is 13.7. The number of rotatable bonds is 5. The van der Waals surface area contributed by atoms with Crippen molar-refractivity contribution in [3.05, 3.63) is 74.8 Å². The largest absolute Gasteiger partial charge is 0.382 e. The van der Waals surface area contributed by atoms with E-state index in [1.54, 1.807) is 25.1 Å². The predicted molar refractivity (Wildman–Crippen MR) is 134 cm³/mol. The van der Waals surface area contributed by atoms with Gasteiger partial charge in [-0.2, -0.15) is 15.2 Å². The SMILES string of the molecule is CC(C)c1cccc(-n2c([C@H](C)Nc3nc(N)nc(N)c3C#N)nc3cccc(Cl)c3c2=O)c1. The Kier molecular flexibility index (Phi) is 6.09. The minimum atomic E-state index is -0.570. The molecule has 0 saturated heterocycles. The van der Waals surface area contributed by atoms with E-state index in [2.05, 4.69) is 29.1 Å². The van der Waals surface area contributed by atoms with Gasteiger partial charge < -0.3 is 16.8 Å². The van der Waals surface area contributed by atoms with Crippen molar-refractivity contribution in [1.82, 2.24) is 19.5 Å². The molecule has 2 aromatic carbocycles. The van der Waals surface area contributed by atoms with Crippen LogP contribution in [0.4, 0.5) is 17.6 Å². The molecule has 9 nitrogen and oxygen atoms in total. The topological polar surface area (TPSA) is 149 Å². The van der Waals surface area contributed by atoms with Crippen molar-refractivity contribution in [3.8, 4) is 11.8 Å². The number of halogens is 1. The molecular weight excluding hydrogens is 452 g/mol. The Hall–Kier alpha value is -4.16. The molecular formula is C24H23ClN8O. The van der Waals surface area contributed by atoms with E-state index < -0.39 is 6.04 Å². The number of benzene rings is 2. The van der Waals surface area contributed by atoms with Gasteiger partial charge in [0.2, 0.25) is 5.95 Å². The Morgan fingerprint density at radius 1 is 1.09 bits per heavy atom. The van der Waals surface area contributed by atoms with Crippen LogP contribution in [-0.2, 0) is 0 Å². The van der Waals surface area contributed by atoms with Crippen LogP contribution in [0.1, 0.15) is 49.7 Å². The van der Waals surface area contributed by atoms with Crippen LogP contribution in [0.2, 0.25) is 5.02 Å². The molecule has 0 unspecified atom stereocenters. The van der Waals surface area contributed by atoms with Crippen molar-refractivity contribution in [2.45, 2.75) is 32.7 Å². The zero-order chi connectivity index (χ0) is 24.6. The van der Waals surface area contributed by atoms with Crippen LogP contribution in [0.25, 0.3) is 16.6 Å². The molecule has 34 heavy (non-hydrogen) atoms. The number of nitriles is 1. The summed E-state index contributed by atoms with van der Waals surface area (Å²) in [7, 11) is 0. The van der Waals surface area contributed by atoms with Crippen LogP contribution in [0.5, 0.6) is 0 Å². The van der Waals surface area contributed by atoms with Crippen LogP contribution in [0.3, 0.4) is 0 Å². The highest BCUT2D eigenvalue weighted by Crippen LogP contribution is 2.27. The molecule has 172 valence electrons. The Bertz CT molecular complexity index is 1510. The van der Waals surface area contributed by atoms with Gasteiger partial charge in [-0.3, -0.25) is 9.36 Å². The summed E-state index contributed by atoms with van der Waals surface area (Å²) in [6.45, 7) is 5.96. The molecule has 0 spiro atoms. The number of nitrogens with two attached hydrogens (primary N) is 2. The molecule has 0 aliphatic rings. The van der Waals surface area contributed by atoms with Gasteiger partial charge in [-0.25, -0.2) is 4.98 Å². The third-order valence-corrected chi connectivity index (χ3v) is 5.79. The van der Waals surface area contributed by atoms with Crippen LogP contribution < -0.4 is 22.3 Å². The molecule has 0 saturated carbocycles. The predicted octanol–water partition coefficient (Wildman–Crippen LogP) is 4.16. The van der Waals surface area contributed by atoms with E-state index in [1.165, 1.54) is 4.57 Å². The Balaban J connectivity index is 1.96. The van der Waals surface area contributed by atoms with Crippen LogP contribution in [-0.4, -0.2) is 19.5 Å². The summed E-state index contributed by atoms with van der Waals surface area (Å²) in [5.41, 5.74) is 13.5. The number of hydrogen-bond acceptors (Lipinski definition) is 8. The summed E-state index contributed by atoms with van der Waals surface area (Å²) >= 11 is 6.39. The van der Waals surface area contributed by atoms with Crippen molar-refractivity contribution >= 4 is 40.1 Å². The number of hydrogen-bond donors (Lipinski definition) is 3. The number of anilines is 3. The van der Waals surface area contributed by atoms with Crippen molar-refractivity contribution in [2.24, 2.45) is 0 Å². The fraction of sp³-hybridized carbons (Fsp3) is 0.208. The average molecular weight is 475 g/mol. The molecule has 0 radical (unpaired) electrons. The molecule has 0 fully saturated rings. The first kappa shape index (κ1) is 23.0. The average Bonchev–Trinajstić information content (AvgIpc) is 2.78. The molecule has 0 bridgehead atoms. The number of aromatic nitrogens is 4. The fourth-order valence-corrected chi connectivity index (χ4v) is 4.00. The molecule has 10 heteroatoms. The smallest absolute Gasteiger partial charge is 0.267 e. The van der Waals surface area contributed by atoms with Crippen LogP contribution in [0.15, 0.2) is 47.3 Å². The number of fused-ring (bicyclic) bond motifs is 1. The lowest BCUT2D eigenvalue weighted by molar-refractivity contribution is 0.729. The number of nitrogens with one attached hydrogen (secondary N) is 1. The molecule has 4 aromatic rings. The summed E-state index contributed by atoms with van der Waals surface area (Å²) in [5.74, 6) is 0.705. The normalized spacial score (nSPS) is 12.0. The first-order valence-corrected chi connectivity index (χ1v) is 11.0. The summed E-state index contributed by atoms with van der Waals surface area (Å²) in [4.78, 5) is 26.5. The maximum atomic E-state index is 13.7. The number of nitrogens with zero attached hydrogens (tertiary/aromatic N) is 5. The highest BCUT2D eigenvalue weighted by atomic mass is 35.5. The molecule has 0 aliphatic carbocycles. The van der Waals surface area contributed by atoms with E-state index in [9.17, 15) is 10.1 Å². The first-order chi connectivity index (χ1) is 16.2. The second kappa shape index (κ2) is 9.00. The van der Waals surface area contributed by atoms with Gasteiger partial charge in [0, 0.05) is 0 Å². The second-order valence-corrected chi connectivity index (χ2v) is 8.57. The van der Waals surface area contributed by atoms with Crippen LogP contribution in [0, 0.1) is 11.3 Å². The van der Waals surface area contributed by atoms with Crippen molar-refractivity contribution in [3.63, 3.8) is 0 Å². The monoisotopic (exact) mass is 474 g/mol. The van der Waals surface area contributed by atoms with E-state index in [0.29, 0.717) is 27.4 Å². The minimum absolute atomic E-state index is 0.0371. The Morgan fingerprint density at radius 2 is 1.82 bits per heavy atom. The highest BCUT2D eigenvalue weighted by molar-refractivity contribution is 6.35. The van der Waals surface area contributed by atoms with Gasteiger partial charge in [0.25, 0.3) is 5.56 Å². The fourth-order valence-electron chi connectivity index (χ4n) is 3.75.